The number of esters is 1. The minimum Gasteiger partial charge on any atom is -0.486 e. The SMILES string of the molecule is CNC(C(=O)OC)c1ccc2c(c1)OCCO2. The molecule has 0 aliphatic carbocycles. The molecule has 17 heavy (non-hydrogen) atoms. The predicted molar refractivity (Wildman–Crippen MR) is 61.2 cm³/mol. The van der Waals surface area contributed by atoms with Gasteiger partial charge >= 0.3 is 5.97 Å². The van der Waals surface area contributed by atoms with Crippen LogP contribution >= 0.6 is 0 Å². The van der Waals surface area contributed by atoms with Crippen LogP contribution in [-0.4, -0.2) is 33.3 Å². The Morgan fingerprint density at radius 1 is 1.35 bits per heavy atom. The molecular formula is C12H15NO4. The van der Waals surface area contributed by atoms with Gasteiger partial charge in [-0.2, -0.15) is 0 Å². The van der Waals surface area contributed by atoms with Gasteiger partial charge in [0.25, 0.3) is 0 Å². The third kappa shape index (κ3) is 2.34. The molecule has 1 atom stereocenters. The molecule has 5 heteroatoms. The average Bonchev–Trinajstić information content (AvgIpc) is 2.39. The lowest BCUT2D eigenvalue weighted by Gasteiger charge is -2.21. The molecule has 0 fully saturated rings. The van der Waals surface area contributed by atoms with E-state index >= 15 is 0 Å². The number of likely N-dealkylation sites (N-methyl/N-ethyl adjacent to an activating group) is 1. The molecule has 5 nitrogen and oxygen atoms in total. The first kappa shape index (κ1) is 11.7. The number of benzene rings is 1. The van der Waals surface area contributed by atoms with Crippen LogP contribution in [0.25, 0.3) is 0 Å². The fourth-order valence-corrected chi connectivity index (χ4v) is 1.78. The number of carbonyl (C=O) groups excluding carboxylic acids is 1. The van der Waals surface area contributed by atoms with Gasteiger partial charge in [-0.05, 0) is 24.7 Å². The zero-order chi connectivity index (χ0) is 12.3. The third-order valence-electron chi connectivity index (χ3n) is 2.63. The van der Waals surface area contributed by atoms with Crippen molar-refractivity contribution in [3.63, 3.8) is 0 Å². The molecule has 0 spiro atoms. The van der Waals surface area contributed by atoms with E-state index in [1.54, 1.807) is 19.2 Å². The van der Waals surface area contributed by atoms with Gasteiger partial charge in [0.1, 0.15) is 19.3 Å². The molecule has 1 heterocycles. The first-order valence-electron chi connectivity index (χ1n) is 5.41. The van der Waals surface area contributed by atoms with E-state index in [9.17, 15) is 4.79 Å². The van der Waals surface area contributed by atoms with E-state index in [2.05, 4.69) is 5.32 Å². The summed E-state index contributed by atoms with van der Waals surface area (Å²) >= 11 is 0. The van der Waals surface area contributed by atoms with Crippen molar-refractivity contribution in [2.75, 3.05) is 27.4 Å². The number of hydrogen-bond donors (Lipinski definition) is 1. The molecule has 0 bridgehead atoms. The molecule has 0 saturated heterocycles. The number of carbonyl (C=O) groups is 1. The van der Waals surface area contributed by atoms with Gasteiger partial charge in [0.2, 0.25) is 0 Å². The maximum atomic E-state index is 11.6. The lowest BCUT2D eigenvalue weighted by atomic mass is 10.1. The van der Waals surface area contributed by atoms with Gasteiger partial charge in [-0.1, -0.05) is 6.07 Å². The van der Waals surface area contributed by atoms with E-state index in [1.165, 1.54) is 7.11 Å². The Bertz CT molecular complexity index is 419. The van der Waals surface area contributed by atoms with Gasteiger partial charge in [0, 0.05) is 0 Å². The first-order valence-corrected chi connectivity index (χ1v) is 5.41. The maximum absolute atomic E-state index is 11.6. The van der Waals surface area contributed by atoms with E-state index in [-0.39, 0.29) is 5.97 Å². The monoisotopic (exact) mass is 237 g/mol. The van der Waals surface area contributed by atoms with Crippen LogP contribution in [0, 0.1) is 0 Å². The normalized spacial score (nSPS) is 15.2. The second kappa shape index (κ2) is 5.05. The highest BCUT2D eigenvalue weighted by molar-refractivity contribution is 5.77. The summed E-state index contributed by atoms with van der Waals surface area (Å²) in [5, 5.41) is 2.90. The minimum absolute atomic E-state index is 0.329. The molecule has 0 aromatic heterocycles. The number of methoxy groups -OCH3 is 1. The van der Waals surface area contributed by atoms with E-state index in [0.717, 1.165) is 5.56 Å². The molecule has 0 saturated carbocycles. The summed E-state index contributed by atoms with van der Waals surface area (Å²) in [6.07, 6.45) is 0. The summed E-state index contributed by atoms with van der Waals surface area (Å²) in [6, 6.07) is 4.94. The van der Waals surface area contributed by atoms with E-state index in [1.807, 2.05) is 6.07 Å². The van der Waals surface area contributed by atoms with Crippen molar-refractivity contribution >= 4 is 5.97 Å². The zero-order valence-corrected chi connectivity index (χ0v) is 9.86. The summed E-state index contributed by atoms with van der Waals surface area (Å²) in [5.41, 5.74) is 0.795. The molecule has 2 rings (SSSR count). The first-order chi connectivity index (χ1) is 8.26. The van der Waals surface area contributed by atoms with Crippen molar-refractivity contribution in [3.8, 4) is 11.5 Å². The minimum atomic E-state index is -0.490. The Labute approximate surface area is 99.7 Å². The number of rotatable bonds is 3. The molecule has 1 aliphatic heterocycles. The Hall–Kier alpha value is -1.75. The van der Waals surface area contributed by atoms with Crippen molar-refractivity contribution < 1.29 is 19.0 Å². The highest BCUT2D eigenvalue weighted by Gasteiger charge is 2.21. The van der Waals surface area contributed by atoms with Crippen LogP contribution in [0.15, 0.2) is 18.2 Å². The fraction of sp³-hybridized carbons (Fsp3) is 0.417. The topological polar surface area (TPSA) is 56.8 Å². The van der Waals surface area contributed by atoms with Crippen LogP contribution in [0.2, 0.25) is 0 Å². The average molecular weight is 237 g/mol. The fourth-order valence-electron chi connectivity index (χ4n) is 1.78. The summed E-state index contributed by atoms with van der Waals surface area (Å²) < 4.78 is 15.6. The Balaban J connectivity index is 2.29. The molecule has 0 radical (unpaired) electrons. The Morgan fingerprint density at radius 3 is 2.71 bits per heavy atom. The standard InChI is InChI=1S/C12H15NO4/c1-13-11(12(14)15-2)8-3-4-9-10(7-8)17-6-5-16-9/h3-4,7,11,13H,5-6H2,1-2H3. The quantitative estimate of drug-likeness (QED) is 0.791. The van der Waals surface area contributed by atoms with Crippen molar-refractivity contribution in [1.29, 1.82) is 0 Å². The van der Waals surface area contributed by atoms with Crippen molar-refractivity contribution in [1.82, 2.24) is 5.32 Å². The largest absolute Gasteiger partial charge is 0.486 e. The second-order valence-electron chi connectivity index (χ2n) is 3.65. The van der Waals surface area contributed by atoms with E-state index in [0.29, 0.717) is 24.7 Å². The number of nitrogens with one attached hydrogen (secondary N) is 1. The summed E-state index contributed by atoms with van der Waals surface area (Å²) in [5.74, 6) is 1.04. The smallest absolute Gasteiger partial charge is 0.327 e. The maximum Gasteiger partial charge on any atom is 0.327 e. The van der Waals surface area contributed by atoms with Gasteiger partial charge in [-0.25, -0.2) is 4.79 Å². The van der Waals surface area contributed by atoms with Crippen LogP contribution in [0.4, 0.5) is 0 Å². The highest BCUT2D eigenvalue weighted by atomic mass is 16.6. The third-order valence-corrected chi connectivity index (χ3v) is 2.63. The van der Waals surface area contributed by atoms with Gasteiger partial charge < -0.3 is 19.5 Å². The van der Waals surface area contributed by atoms with Crippen LogP contribution in [0.3, 0.4) is 0 Å². The number of hydrogen-bond acceptors (Lipinski definition) is 5. The Morgan fingerprint density at radius 2 is 2.06 bits per heavy atom. The van der Waals surface area contributed by atoms with Gasteiger partial charge in [-0.3, -0.25) is 0 Å². The number of fused-ring (bicyclic) bond motifs is 1. The summed E-state index contributed by atoms with van der Waals surface area (Å²) in [6.45, 7) is 1.08. The van der Waals surface area contributed by atoms with E-state index in [4.69, 9.17) is 14.2 Å². The summed E-state index contributed by atoms with van der Waals surface area (Å²) in [4.78, 5) is 11.6. The second-order valence-corrected chi connectivity index (χ2v) is 3.65. The molecule has 1 aromatic rings. The number of ether oxygens (including phenoxy) is 3. The summed E-state index contributed by atoms with van der Waals surface area (Å²) in [7, 11) is 3.07. The van der Waals surface area contributed by atoms with Crippen molar-refractivity contribution in [2.45, 2.75) is 6.04 Å². The molecule has 1 aromatic carbocycles. The molecule has 1 aliphatic rings. The van der Waals surface area contributed by atoms with E-state index < -0.39 is 6.04 Å². The van der Waals surface area contributed by atoms with Crippen LogP contribution < -0.4 is 14.8 Å². The highest BCUT2D eigenvalue weighted by Crippen LogP contribution is 2.32. The van der Waals surface area contributed by atoms with Crippen LogP contribution in [0.5, 0.6) is 11.5 Å². The van der Waals surface area contributed by atoms with Gasteiger partial charge in [-0.15, -0.1) is 0 Å². The molecule has 1 N–H and O–H groups in total. The Kier molecular flexibility index (Phi) is 3.49. The molecule has 92 valence electrons. The van der Waals surface area contributed by atoms with Crippen LogP contribution in [-0.2, 0) is 9.53 Å². The molecule has 0 amide bonds. The van der Waals surface area contributed by atoms with Crippen LogP contribution in [0.1, 0.15) is 11.6 Å². The lowest BCUT2D eigenvalue weighted by Crippen LogP contribution is -2.26. The predicted octanol–water partition coefficient (Wildman–Crippen LogP) is 0.891. The van der Waals surface area contributed by atoms with Gasteiger partial charge in [0.15, 0.2) is 11.5 Å². The van der Waals surface area contributed by atoms with Crippen molar-refractivity contribution in [2.24, 2.45) is 0 Å². The van der Waals surface area contributed by atoms with Crippen molar-refractivity contribution in [3.05, 3.63) is 23.8 Å². The molecular weight excluding hydrogens is 222 g/mol. The van der Waals surface area contributed by atoms with Gasteiger partial charge in [0.05, 0.1) is 7.11 Å². The zero-order valence-electron chi connectivity index (χ0n) is 9.86. The lowest BCUT2D eigenvalue weighted by molar-refractivity contribution is -0.143. The molecule has 1 unspecified atom stereocenters.